The maximum absolute atomic E-state index is 13.6. The molecule has 3 nitrogen and oxygen atoms in total. The standard InChI is InChI=1S/C15H16FNO2/c1-10(17-12-4-6-13(18)7-5-12)11-3-8-15(19-2)14(16)9-11/h3-10,17-18H,1-2H3. The molecule has 1 unspecified atom stereocenters. The highest BCUT2D eigenvalue weighted by Gasteiger charge is 2.09. The summed E-state index contributed by atoms with van der Waals surface area (Å²) in [6.45, 7) is 1.94. The number of phenols is 1. The molecule has 0 aliphatic carbocycles. The molecule has 100 valence electrons. The highest BCUT2D eigenvalue weighted by Crippen LogP contribution is 2.25. The van der Waals surface area contributed by atoms with Crippen LogP contribution < -0.4 is 10.1 Å². The summed E-state index contributed by atoms with van der Waals surface area (Å²) in [5.74, 6) is 0.0774. The van der Waals surface area contributed by atoms with Gasteiger partial charge >= 0.3 is 0 Å². The molecular weight excluding hydrogens is 245 g/mol. The Morgan fingerprint density at radius 2 is 1.84 bits per heavy atom. The first kappa shape index (κ1) is 13.2. The molecule has 2 aromatic carbocycles. The minimum atomic E-state index is -0.376. The van der Waals surface area contributed by atoms with Gasteiger partial charge in [-0.2, -0.15) is 0 Å². The van der Waals surface area contributed by atoms with Gasteiger partial charge in [0.25, 0.3) is 0 Å². The lowest BCUT2D eigenvalue weighted by Crippen LogP contribution is -2.07. The third-order valence-electron chi connectivity index (χ3n) is 2.93. The van der Waals surface area contributed by atoms with Crippen LogP contribution in [0.5, 0.6) is 11.5 Å². The Balaban J connectivity index is 2.13. The number of halogens is 1. The molecule has 0 radical (unpaired) electrons. The number of ether oxygens (including phenoxy) is 1. The van der Waals surface area contributed by atoms with Crippen molar-refractivity contribution in [2.75, 3.05) is 12.4 Å². The zero-order valence-corrected chi connectivity index (χ0v) is 10.9. The van der Waals surface area contributed by atoms with Crippen LogP contribution in [0, 0.1) is 5.82 Å². The van der Waals surface area contributed by atoms with E-state index < -0.39 is 0 Å². The van der Waals surface area contributed by atoms with Crippen molar-refractivity contribution in [2.24, 2.45) is 0 Å². The van der Waals surface area contributed by atoms with Gasteiger partial charge in [-0.25, -0.2) is 4.39 Å². The first-order chi connectivity index (χ1) is 9.10. The molecule has 0 aliphatic heterocycles. The highest BCUT2D eigenvalue weighted by molar-refractivity contribution is 5.48. The predicted molar refractivity (Wildman–Crippen MR) is 73.1 cm³/mol. The molecule has 0 saturated carbocycles. The van der Waals surface area contributed by atoms with Gasteiger partial charge < -0.3 is 15.2 Å². The lowest BCUT2D eigenvalue weighted by atomic mass is 10.1. The molecule has 19 heavy (non-hydrogen) atoms. The first-order valence-electron chi connectivity index (χ1n) is 5.99. The number of hydrogen-bond acceptors (Lipinski definition) is 3. The Bertz CT molecular complexity index is 555. The smallest absolute Gasteiger partial charge is 0.165 e. The number of methoxy groups -OCH3 is 1. The molecule has 0 amide bonds. The van der Waals surface area contributed by atoms with E-state index in [1.165, 1.54) is 13.2 Å². The molecule has 1 atom stereocenters. The van der Waals surface area contributed by atoms with E-state index in [0.29, 0.717) is 0 Å². The van der Waals surface area contributed by atoms with Crippen molar-refractivity contribution in [2.45, 2.75) is 13.0 Å². The second-order valence-corrected chi connectivity index (χ2v) is 4.31. The second-order valence-electron chi connectivity index (χ2n) is 4.31. The van der Waals surface area contributed by atoms with E-state index in [9.17, 15) is 9.50 Å². The minimum Gasteiger partial charge on any atom is -0.508 e. The zero-order valence-electron chi connectivity index (χ0n) is 10.9. The highest BCUT2D eigenvalue weighted by atomic mass is 19.1. The summed E-state index contributed by atoms with van der Waals surface area (Å²) in [6.07, 6.45) is 0. The number of hydrogen-bond donors (Lipinski definition) is 2. The quantitative estimate of drug-likeness (QED) is 0.824. The Morgan fingerprint density at radius 3 is 2.42 bits per heavy atom. The number of rotatable bonds is 4. The van der Waals surface area contributed by atoms with E-state index >= 15 is 0 Å². The van der Waals surface area contributed by atoms with Crippen LogP contribution in [0.4, 0.5) is 10.1 Å². The van der Waals surface area contributed by atoms with E-state index in [0.717, 1.165) is 11.3 Å². The summed E-state index contributed by atoms with van der Waals surface area (Å²) in [7, 11) is 1.44. The molecule has 0 saturated heterocycles. The predicted octanol–water partition coefficient (Wildman–Crippen LogP) is 3.71. The maximum Gasteiger partial charge on any atom is 0.165 e. The molecule has 0 heterocycles. The summed E-state index contributed by atoms with van der Waals surface area (Å²) in [4.78, 5) is 0. The molecule has 0 bridgehead atoms. The lowest BCUT2D eigenvalue weighted by Gasteiger charge is -2.16. The molecule has 0 fully saturated rings. The molecule has 0 aliphatic rings. The van der Waals surface area contributed by atoms with Crippen molar-refractivity contribution in [3.63, 3.8) is 0 Å². The van der Waals surface area contributed by atoms with Crippen LogP contribution >= 0.6 is 0 Å². The van der Waals surface area contributed by atoms with E-state index in [1.54, 1.807) is 30.3 Å². The third kappa shape index (κ3) is 3.16. The topological polar surface area (TPSA) is 41.5 Å². The van der Waals surface area contributed by atoms with Crippen molar-refractivity contribution in [1.82, 2.24) is 0 Å². The third-order valence-corrected chi connectivity index (χ3v) is 2.93. The molecule has 2 rings (SSSR count). The van der Waals surface area contributed by atoms with Gasteiger partial charge in [0, 0.05) is 11.7 Å². The van der Waals surface area contributed by atoms with Crippen molar-refractivity contribution in [3.8, 4) is 11.5 Å². The van der Waals surface area contributed by atoms with Crippen LogP contribution in [-0.2, 0) is 0 Å². The fourth-order valence-electron chi connectivity index (χ4n) is 1.84. The average molecular weight is 261 g/mol. The fourth-order valence-corrected chi connectivity index (χ4v) is 1.84. The summed E-state index contributed by atoms with van der Waals surface area (Å²) in [5, 5.41) is 12.4. The summed E-state index contributed by atoms with van der Waals surface area (Å²) >= 11 is 0. The molecule has 0 spiro atoms. The average Bonchev–Trinajstić information content (AvgIpc) is 2.41. The van der Waals surface area contributed by atoms with Crippen molar-refractivity contribution in [1.29, 1.82) is 0 Å². The van der Waals surface area contributed by atoms with Gasteiger partial charge in [-0.05, 0) is 48.9 Å². The number of benzene rings is 2. The number of phenolic OH excluding ortho intramolecular Hbond substituents is 1. The van der Waals surface area contributed by atoms with Crippen molar-refractivity contribution >= 4 is 5.69 Å². The van der Waals surface area contributed by atoms with Crippen LogP contribution in [-0.4, -0.2) is 12.2 Å². The van der Waals surface area contributed by atoms with Crippen LogP contribution in [0.1, 0.15) is 18.5 Å². The van der Waals surface area contributed by atoms with Gasteiger partial charge in [0.15, 0.2) is 11.6 Å². The summed E-state index contributed by atoms with van der Waals surface area (Å²) in [5.41, 5.74) is 1.69. The number of aromatic hydroxyl groups is 1. The minimum absolute atomic E-state index is 0.0510. The Kier molecular flexibility index (Phi) is 3.90. The SMILES string of the molecule is COc1ccc(C(C)Nc2ccc(O)cc2)cc1F. The van der Waals surface area contributed by atoms with Gasteiger partial charge in [0.1, 0.15) is 5.75 Å². The number of anilines is 1. The molecule has 4 heteroatoms. The van der Waals surface area contributed by atoms with E-state index in [1.807, 2.05) is 13.0 Å². The number of nitrogens with one attached hydrogen (secondary N) is 1. The Morgan fingerprint density at radius 1 is 1.16 bits per heavy atom. The van der Waals surface area contributed by atoms with Crippen molar-refractivity contribution < 1.29 is 14.2 Å². The Labute approximate surface area is 111 Å². The van der Waals surface area contributed by atoms with Gasteiger partial charge in [0.2, 0.25) is 0 Å². The lowest BCUT2D eigenvalue weighted by molar-refractivity contribution is 0.386. The van der Waals surface area contributed by atoms with Gasteiger partial charge in [-0.1, -0.05) is 6.07 Å². The van der Waals surface area contributed by atoms with Crippen LogP contribution in [0.15, 0.2) is 42.5 Å². The van der Waals surface area contributed by atoms with Gasteiger partial charge in [-0.15, -0.1) is 0 Å². The monoisotopic (exact) mass is 261 g/mol. The molecular formula is C15H16FNO2. The molecule has 2 aromatic rings. The maximum atomic E-state index is 13.6. The largest absolute Gasteiger partial charge is 0.508 e. The summed E-state index contributed by atoms with van der Waals surface area (Å²) < 4.78 is 18.5. The first-order valence-corrected chi connectivity index (χ1v) is 5.99. The van der Waals surface area contributed by atoms with Gasteiger partial charge in [0.05, 0.1) is 7.11 Å². The second kappa shape index (κ2) is 5.61. The normalized spacial score (nSPS) is 11.9. The van der Waals surface area contributed by atoms with Crippen LogP contribution in [0.2, 0.25) is 0 Å². The zero-order chi connectivity index (χ0) is 13.8. The van der Waals surface area contributed by atoms with Crippen molar-refractivity contribution in [3.05, 3.63) is 53.8 Å². The molecule has 2 N–H and O–H groups in total. The van der Waals surface area contributed by atoms with Crippen LogP contribution in [0.25, 0.3) is 0 Å². The van der Waals surface area contributed by atoms with Gasteiger partial charge in [-0.3, -0.25) is 0 Å². The van der Waals surface area contributed by atoms with E-state index in [2.05, 4.69) is 5.32 Å². The van der Waals surface area contributed by atoms with E-state index in [4.69, 9.17) is 4.74 Å². The Hall–Kier alpha value is -2.23. The van der Waals surface area contributed by atoms with E-state index in [-0.39, 0.29) is 23.4 Å². The summed E-state index contributed by atoms with van der Waals surface area (Å²) in [6, 6.07) is 11.6. The molecule has 0 aromatic heterocycles. The van der Waals surface area contributed by atoms with Crippen LogP contribution in [0.3, 0.4) is 0 Å². The fraction of sp³-hybridized carbons (Fsp3) is 0.200.